The van der Waals surface area contributed by atoms with Crippen LogP contribution in [-0.2, 0) is 0 Å². The van der Waals surface area contributed by atoms with Crippen LogP contribution in [0.3, 0.4) is 0 Å². The topological polar surface area (TPSA) is 0 Å². The van der Waals surface area contributed by atoms with Gasteiger partial charge < -0.3 is 0 Å². The monoisotopic (exact) mass is 238 g/mol. The van der Waals surface area contributed by atoms with Crippen molar-refractivity contribution in [1.29, 1.82) is 0 Å². The van der Waals surface area contributed by atoms with Gasteiger partial charge in [0.1, 0.15) is 0 Å². The van der Waals surface area contributed by atoms with Crippen molar-refractivity contribution in [2.45, 2.75) is 73.6 Å². The highest BCUT2D eigenvalue weighted by Crippen LogP contribution is 2.55. The lowest BCUT2D eigenvalue weighted by molar-refractivity contribution is 0.366. The standard InChI is InChI=1S/C17H34/c1-7-9-13(4)10-8-11-14(5)17-15(6)16(17)12(2)3/h12-17H,7-11H2,1-6H3. The molecule has 0 N–H and O–H groups in total. The summed E-state index contributed by atoms with van der Waals surface area (Å²) >= 11 is 0. The summed E-state index contributed by atoms with van der Waals surface area (Å²) in [6, 6.07) is 0. The average Bonchev–Trinajstić information content (AvgIpc) is 2.90. The SMILES string of the molecule is CCCC(C)CCCC(C)C1C(C)C1C(C)C. The summed E-state index contributed by atoms with van der Waals surface area (Å²) in [7, 11) is 0. The van der Waals surface area contributed by atoms with Crippen molar-refractivity contribution in [3.63, 3.8) is 0 Å². The maximum atomic E-state index is 2.49. The predicted molar refractivity (Wildman–Crippen MR) is 78.1 cm³/mol. The molecule has 0 bridgehead atoms. The summed E-state index contributed by atoms with van der Waals surface area (Å²) in [5.74, 6) is 5.88. The van der Waals surface area contributed by atoms with E-state index in [1.165, 1.54) is 32.1 Å². The maximum absolute atomic E-state index is 2.49. The van der Waals surface area contributed by atoms with Crippen LogP contribution in [0, 0.1) is 35.5 Å². The third-order valence-electron chi connectivity index (χ3n) is 5.08. The Morgan fingerprint density at radius 2 is 1.53 bits per heavy atom. The van der Waals surface area contributed by atoms with Gasteiger partial charge in [-0.3, -0.25) is 0 Å². The summed E-state index contributed by atoms with van der Waals surface area (Å²) in [5, 5.41) is 0. The van der Waals surface area contributed by atoms with E-state index in [-0.39, 0.29) is 0 Å². The Labute approximate surface area is 110 Å². The zero-order valence-electron chi connectivity index (χ0n) is 13.0. The number of hydrogen-bond donors (Lipinski definition) is 0. The minimum Gasteiger partial charge on any atom is -0.0654 e. The van der Waals surface area contributed by atoms with Crippen molar-refractivity contribution in [1.82, 2.24) is 0 Å². The van der Waals surface area contributed by atoms with E-state index >= 15 is 0 Å². The molecular formula is C17H34. The number of rotatable bonds is 8. The van der Waals surface area contributed by atoms with Gasteiger partial charge in [0, 0.05) is 0 Å². The van der Waals surface area contributed by atoms with Gasteiger partial charge in [-0.2, -0.15) is 0 Å². The van der Waals surface area contributed by atoms with E-state index in [9.17, 15) is 0 Å². The zero-order chi connectivity index (χ0) is 13.0. The Morgan fingerprint density at radius 3 is 2.00 bits per heavy atom. The molecular weight excluding hydrogens is 204 g/mol. The van der Waals surface area contributed by atoms with Gasteiger partial charge in [-0.1, -0.05) is 73.6 Å². The zero-order valence-corrected chi connectivity index (χ0v) is 13.0. The van der Waals surface area contributed by atoms with Crippen molar-refractivity contribution in [3.8, 4) is 0 Å². The van der Waals surface area contributed by atoms with Crippen LogP contribution >= 0.6 is 0 Å². The van der Waals surface area contributed by atoms with Crippen LogP contribution in [0.15, 0.2) is 0 Å². The fourth-order valence-corrected chi connectivity index (χ4v) is 4.09. The molecule has 1 aliphatic carbocycles. The first-order valence-electron chi connectivity index (χ1n) is 7.99. The highest BCUT2D eigenvalue weighted by Gasteiger charge is 2.50. The molecule has 1 saturated carbocycles. The summed E-state index contributed by atoms with van der Waals surface area (Å²) < 4.78 is 0. The molecule has 0 amide bonds. The van der Waals surface area contributed by atoms with Crippen LogP contribution in [0.25, 0.3) is 0 Å². The minimum atomic E-state index is 0.900. The molecule has 0 aliphatic heterocycles. The van der Waals surface area contributed by atoms with Crippen molar-refractivity contribution < 1.29 is 0 Å². The smallest absolute Gasteiger partial charge is 0.0326 e. The van der Waals surface area contributed by atoms with Gasteiger partial charge in [-0.05, 0) is 35.5 Å². The molecule has 0 aromatic carbocycles. The molecule has 0 nitrogen and oxygen atoms in total. The highest BCUT2D eigenvalue weighted by atomic mass is 14.5. The van der Waals surface area contributed by atoms with Crippen LogP contribution in [0.4, 0.5) is 0 Å². The molecule has 1 rings (SSSR count). The van der Waals surface area contributed by atoms with Crippen LogP contribution in [0.1, 0.15) is 73.6 Å². The van der Waals surface area contributed by atoms with Gasteiger partial charge in [-0.15, -0.1) is 0 Å². The van der Waals surface area contributed by atoms with E-state index < -0.39 is 0 Å². The maximum Gasteiger partial charge on any atom is -0.0326 e. The molecule has 0 aromatic heterocycles. The summed E-state index contributed by atoms with van der Waals surface area (Å²) in [5.41, 5.74) is 0. The second-order valence-corrected chi connectivity index (χ2v) is 7.06. The van der Waals surface area contributed by atoms with E-state index in [1.54, 1.807) is 0 Å². The quantitative estimate of drug-likeness (QED) is 0.504. The van der Waals surface area contributed by atoms with Gasteiger partial charge in [-0.25, -0.2) is 0 Å². The van der Waals surface area contributed by atoms with E-state index in [2.05, 4.69) is 41.5 Å². The average molecular weight is 238 g/mol. The van der Waals surface area contributed by atoms with E-state index in [1.807, 2.05) is 0 Å². The molecule has 0 radical (unpaired) electrons. The van der Waals surface area contributed by atoms with Gasteiger partial charge >= 0.3 is 0 Å². The molecule has 5 unspecified atom stereocenters. The van der Waals surface area contributed by atoms with Crippen molar-refractivity contribution in [2.24, 2.45) is 35.5 Å². The second kappa shape index (κ2) is 6.81. The first-order valence-corrected chi connectivity index (χ1v) is 7.99. The lowest BCUT2D eigenvalue weighted by Crippen LogP contribution is -2.04. The Kier molecular flexibility index (Phi) is 6.03. The van der Waals surface area contributed by atoms with Crippen molar-refractivity contribution in [2.75, 3.05) is 0 Å². The highest BCUT2D eigenvalue weighted by molar-refractivity contribution is 4.98. The van der Waals surface area contributed by atoms with Crippen LogP contribution in [-0.4, -0.2) is 0 Å². The molecule has 5 atom stereocenters. The first-order chi connectivity index (χ1) is 7.99. The van der Waals surface area contributed by atoms with E-state index in [0.717, 1.165) is 35.5 Å². The normalized spacial score (nSPS) is 31.6. The molecule has 1 aliphatic rings. The summed E-state index contributed by atoms with van der Waals surface area (Å²) in [6.07, 6.45) is 7.14. The van der Waals surface area contributed by atoms with Gasteiger partial charge in [0.05, 0.1) is 0 Å². The van der Waals surface area contributed by atoms with Gasteiger partial charge in [0.15, 0.2) is 0 Å². The number of hydrogen-bond acceptors (Lipinski definition) is 0. The largest absolute Gasteiger partial charge is 0.0654 e. The van der Waals surface area contributed by atoms with Crippen LogP contribution in [0.5, 0.6) is 0 Å². The summed E-state index contributed by atoms with van der Waals surface area (Å²) in [6.45, 7) is 14.5. The molecule has 0 aromatic rings. The molecule has 0 saturated heterocycles. The van der Waals surface area contributed by atoms with Gasteiger partial charge in [0.2, 0.25) is 0 Å². The molecule has 0 spiro atoms. The molecule has 0 heteroatoms. The van der Waals surface area contributed by atoms with Crippen LogP contribution in [0.2, 0.25) is 0 Å². The minimum absolute atomic E-state index is 0.900. The molecule has 1 fully saturated rings. The van der Waals surface area contributed by atoms with Gasteiger partial charge in [0.25, 0.3) is 0 Å². The fourth-order valence-electron chi connectivity index (χ4n) is 4.09. The van der Waals surface area contributed by atoms with E-state index in [4.69, 9.17) is 0 Å². The van der Waals surface area contributed by atoms with Crippen molar-refractivity contribution in [3.05, 3.63) is 0 Å². The van der Waals surface area contributed by atoms with Crippen LogP contribution < -0.4 is 0 Å². The third-order valence-corrected chi connectivity index (χ3v) is 5.08. The van der Waals surface area contributed by atoms with Crippen molar-refractivity contribution >= 4 is 0 Å². The Hall–Kier alpha value is 0. The fraction of sp³-hybridized carbons (Fsp3) is 1.00. The van der Waals surface area contributed by atoms with E-state index in [0.29, 0.717) is 0 Å². The molecule has 102 valence electrons. The molecule has 0 heterocycles. The third kappa shape index (κ3) is 4.30. The Balaban J connectivity index is 2.16. The first kappa shape index (κ1) is 15.1. The Bertz CT molecular complexity index is 206. The second-order valence-electron chi connectivity index (χ2n) is 7.06. The lowest BCUT2D eigenvalue weighted by Gasteiger charge is -2.14. The molecule has 17 heavy (non-hydrogen) atoms. The summed E-state index contributed by atoms with van der Waals surface area (Å²) in [4.78, 5) is 0. The lowest BCUT2D eigenvalue weighted by atomic mass is 9.91. The Morgan fingerprint density at radius 1 is 0.882 bits per heavy atom. The predicted octanol–water partition coefficient (Wildman–Crippen LogP) is 5.77.